The molecular formula is C17H15ClN4O2S. The van der Waals surface area contributed by atoms with Gasteiger partial charge in [-0.25, -0.2) is 4.98 Å². The quantitative estimate of drug-likeness (QED) is 0.709. The van der Waals surface area contributed by atoms with Gasteiger partial charge < -0.3 is 16.2 Å². The van der Waals surface area contributed by atoms with Gasteiger partial charge in [0.15, 0.2) is 5.72 Å². The van der Waals surface area contributed by atoms with Gasteiger partial charge in [-0.1, -0.05) is 30.7 Å². The van der Waals surface area contributed by atoms with Gasteiger partial charge in [0.25, 0.3) is 5.91 Å². The molecule has 2 heterocycles. The number of nitrogens with one attached hydrogen (secondary N) is 1. The van der Waals surface area contributed by atoms with Gasteiger partial charge in [0.2, 0.25) is 0 Å². The summed E-state index contributed by atoms with van der Waals surface area (Å²) in [5, 5.41) is 24.3. The molecule has 1 aromatic heterocycles. The Labute approximate surface area is 154 Å². The van der Waals surface area contributed by atoms with E-state index in [1.807, 2.05) is 6.92 Å². The van der Waals surface area contributed by atoms with E-state index < -0.39 is 11.6 Å². The average molecular weight is 375 g/mol. The van der Waals surface area contributed by atoms with Crippen LogP contribution in [0.4, 0.5) is 5.82 Å². The van der Waals surface area contributed by atoms with Gasteiger partial charge in [-0.3, -0.25) is 4.79 Å². The van der Waals surface area contributed by atoms with Crippen molar-refractivity contribution < 1.29 is 9.90 Å². The molecule has 0 spiro atoms. The summed E-state index contributed by atoms with van der Waals surface area (Å²) >= 11 is 7.27. The second-order valence-electron chi connectivity index (χ2n) is 5.56. The number of anilines is 1. The first-order chi connectivity index (χ1) is 11.9. The topological polar surface area (TPSA) is 112 Å². The first-order valence-corrected chi connectivity index (χ1v) is 8.96. The number of carbonyl (C=O) groups is 1. The van der Waals surface area contributed by atoms with Crippen LogP contribution in [-0.4, -0.2) is 21.8 Å². The summed E-state index contributed by atoms with van der Waals surface area (Å²) < 4.78 is 0. The predicted molar refractivity (Wildman–Crippen MR) is 96.3 cm³/mol. The summed E-state index contributed by atoms with van der Waals surface area (Å²) in [4.78, 5) is 16.6. The number of nitriles is 1. The van der Waals surface area contributed by atoms with Crippen molar-refractivity contribution in [3.63, 3.8) is 0 Å². The van der Waals surface area contributed by atoms with Gasteiger partial charge in [0, 0.05) is 16.1 Å². The van der Waals surface area contributed by atoms with Crippen molar-refractivity contribution in [3.8, 4) is 6.07 Å². The van der Waals surface area contributed by atoms with Gasteiger partial charge in [-0.05, 0) is 24.3 Å². The number of nitrogens with two attached hydrogens (primary N) is 1. The molecule has 25 heavy (non-hydrogen) atoms. The van der Waals surface area contributed by atoms with Crippen LogP contribution in [0.5, 0.6) is 0 Å². The minimum absolute atomic E-state index is 0.00464. The second-order valence-corrected chi connectivity index (χ2v) is 7.08. The average Bonchev–Trinajstić information content (AvgIpc) is 2.86. The Balaban J connectivity index is 2.27. The number of aliphatic hydroxyl groups is 1. The SMILES string of the molecule is CCCSc1nc(N)c2c(c1C#N)C(O)(c1ccc(Cl)cc1)NC2=O. The lowest BCUT2D eigenvalue weighted by molar-refractivity contribution is 0.0473. The third-order valence-electron chi connectivity index (χ3n) is 3.89. The van der Waals surface area contributed by atoms with Gasteiger partial charge in [0.05, 0.1) is 11.1 Å². The third kappa shape index (κ3) is 2.82. The van der Waals surface area contributed by atoms with Gasteiger partial charge >= 0.3 is 0 Å². The molecule has 0 radical (unpaired) electrons. The Morgan fingerprint density at radius 2 is 2.12 bits per heavy atom. The Morgan fingerprint density at radius 1 is 1.44 bits per heavy atom. The fraction of sp³-hybridized carbons (Fsp3) is 0.235. The van der Waals surface area contributed by atoms with Crippen molar-refractivity contribution >= 4 is 35.1 Å². The number of rotatable bonds is 4. The Morgan fingerprint density at radius 3 is 2.72 bits per heavy atom. The zero-order valence-electron chi connectivity index (χ0n) is 13.3. The highest BCUT2D eigenvalue weighted by molar-refractivity contribution is 7.99. The lowest BCUT2D eigenvalue weighted by Crippen LogP contribution is -2.40. The highest BCUT2D eigenvalue weighted by Crippen LogP contribution is 2.42. The number of fused-ring (bicyclic) bond motifs is 1. The number of benzene rings is 1. The molecule has 128 valence electrons. The monoisotopic (exact) mass is 374 g/mol. The number of nitrogen functional groups attached to an aromatic ring is 1. The van der Waals surface area contributed by atoms with Crippen LogP contribution in [0.15, 0.2) is 29.3 Å². The smallest absolute Gasteiger partial charge is 0.258 e. The first kappa shape index (κ1) is 17.5. The molecular weight excluding hydrogens is 360 g/mol. The molecule has 1 aliphatic heterocycles. The highest BCUT2D eigenvalue weighted by Gasteiger charge is 2.47. The van der Waals surface area contributed by atoms with Crippen LogP contribution in [0.2, 0.25) is 5.02 Å². The number of carbonyl (C=O) groups excluding carboxylic acids is 1. The fourth-order valence-corrected chi connectivity index (χ4v) is 3.76. The minimum atomic E-state index is -1.86. The van der Waals surface area contributed by atoms with E-state index in [1.165, 1.54) is 11.8 Å². The maximum atomic E-state index is 12.4. The van der Waals surface area contributed by atoms with Gasteiger partial charge in [-0.15, -0.1) is 11.8 Å². The van der Waals surface area contributed by atoms with Crippen molar-refractivity contribution in [2.24, 2.45) is 0 Å². The van der Waals surface area contributed by atoms with E-state index in [-0.39, 0.29) is 22.5 Å². The van der Waals surface area contributed by atoms with Crippen LogP contribution in [-0.2, 0) is 5.72 Å². The molecule has 4 N–H and O–H groups in total. The number of aromatic nitrogens is 1. The van der Waals surface area contributed by atoms with Crippen molar-refractivity contribution in [3.05, 3.63) is 51.5 Å². The van der Waals surface area contributed by atoms with Crippen LogP contribution in [0.25, 0.3) is 0 Å². The number of pyridine rings is 1. The molecule has 0 bridgehead atoms. The molecule has 1 unspecified atom stereocenters. The molecule has 0 saturated heterocycles. The normalized spacial score (nSPS) is 18.6. The maximum absolute atomic E-state index is 12.4. The minimum Gasteiger partial charge on any atom is -0.383 e. The Hall–Kier alpha value is -2.27. The number of hydrogen-bond donors (Lipinski definition) is 3. The zero-order valence-corrected chi connectivity index (χ0v) is 14.9. The standard InChI is InChI=1S/C17H15ClN4O2S/c1-2-7-25-16-11(8-19)13-12(14(20)21-16)15(23)22-17(13,24)9-3-5-10(18)6-4-9/h3-6,24H,2,7H2,1H3,(H2,20,21)(H,22,23). The summed E-state index contributed by atoms with van der Waals surface area (Å²) in [5.74, 6) is 0.164. The molecule has 8 heteroatoms. The largest absolute Gasteiger partial charge is 0.383 e. The van der Waals surface area contributed by atoms with E-state index in [2.05, 4.69) is 16.4 Å². The second kappa shape index (κ2) is 6.56. The number of halogens is 1. The van der Waals surface area contributed by atoms with E-state index in [1.54, 1.807) is 24.3 Å². The molecule has 1 aliphatic rings. The van der Waals surface area contributed by atoms with E-state index >= 15 is 0 Å². The van der Waals surface area contributed by atoms with Crippen molar-refractivity contribution in [1.82, 2.24) is 10.3 Å². The number of hydrogen-bond acceptors (Lipinski definition) is 6. The maximum Gasteiger partial charge on any atom is 0.258 e. The molecule has 1 atom stereocenters. The zero-order chi connectivity index (χ0) is 18.2. The molecule has 0 aliphatic carbocycles. The van der Waals surface area contributed by atoms with Crippen molar-refractivity contribution in [2.45, 2.75) is 24.1 Å². The third-order valence-corrected chi connectivity index (χ3v) is 5.33. The molecule has 1 aromatic carbocycles. The molecule has 3 rings (SSSR count). The number of nitrogens with zero attached hydrogens (tertiary/aromatic N) is 2. The highest BCUT2D eigenvalue weighted by atomic mass is 35.5. The summed E-state index contributed by atoms with van der Waals surface area (Å²) in [6.07, 6.45) is 0.882. The Kier molecular flexibility index (Phi) is 4.60. The van der Waals surface area contributed by atoms with Gasteiger partial charge in [-0.2, -0.15) is 5.26 Å². The molecule has 0 fully saturated rings. The van der Waals surface area contributed by atoms with Gasteiger partial charge in [0.1, 0.15) is 16.9 Å². The molecule has 1 amide bonds. The molecule has 0 saturated carbocycles. The summed E-state index contributed by atoms with van der Waals surface area (Å²) in [5.41, 5.74) is 4.82. The summed E-state index contributed by atoms with van der Waals surface area (Å²) in [6.45, 7) is 2.00. The van der Waals surface area contributed by atoms with Crippen LogP contribution in [0.1, 0.15) is 40.4 Å². The van der Waals surface area contributed by atoms with E-state index in [0.717, 1.165) is 12.2 Å². The van der Waals surface area contributed by atoms with Crippen LogP contribution in [0, 0.1) is 11.3 Å². The van der Waals surface area contributed by atoms with Crippen molar-refractivity contribution in [1.29, 1.82) is 5.26 Å². The fourth-order valence-electron chi connectivity index (χ4n) is 2.78. The van der Waals surface area contributed by atoms with Crippen molar-refractivity contribution in [2.75, 3.05) is 11.5 Å². The van der Waals surface area contributed by atoms with Crippen LogP contribution < -0.4 is 11.1 Å². The summed E-state index contributed by atoms with van der Waals surface area (Å²) in [6, 6.07) is 8.45. The molecule has 2 aromatic rings. The Bertz CT molecular complexity index is 895. The van der Waals surface area contributed by atoms with E-state index in [0.29, 0.717) is 15.6 Å². The lowest BCUT2D eigenvalue weighted by atomic mass is 9.92. The van der Waals surface area contributed by atoms with E-state index in [4.69, 9.17) is 17.3 Å². The molecule has 6 nitrogen and oxygen atoms in total. The van der Waals surface area contributed by atoms with E-state index in [9.17, 15) is 15.2 Å². The van der Waals surface area contributed by atoms with Crippen LogP contribution >= 0.6 is 23.4 Å². The van der Waals surface area contributed by atoms with Crippen LogP contribution in [0.3, 0.4) is 0 Å². The predicted octanol–water partition coefficient (Wildman–Crippen LogP) is 2.63. The summed E-state index contributed by atoms with van der Waals surface area (Å²) in [7, 11) is 0. The number of amides is 1. The lowest BCUT2D eigenvalue weighted by Gasteiger charge is -2.25. The first-order valence-electron chi connectivity index (χ1n) is 7.60. The number of thioether (sulfide) groups is 1.